The van der Waals surface area contributed by atoms with Gasteiger partial charge in [0, 0.05) is 36.3 Å². The van der Waals surface area contributed by atoms with Gasteiger partial charge in [-0.05, 0) is 61.2 Å². The van der Waals surface area contributed by atoms with Crippen LogP contribution in [0.3, 0.4) is 0 Å². The van der Waals surface area contributed by atoms with Crippen molar-refractivity contribution in [2.24, 2.45) is 5.73 Å². The van der Waals surface area contributed by atoms with Gasteiger partial charge >= 0.3 is 0 Å². The van der Waals surface area contributed by atoms with Gasteiger partial charge in [-0.15, -0.1) is 0 Å². The van der Waals surface area contributed by atoms with Crippen molar-refractivity contribution in [3.8, 4) is 28.3 Å². The molecule has 1 aliphatic heterocycles. The molecule has 0 unspecified atom stereocenters. The smallest absolute Gasteiger partial charge is 0.255 e. The van der Waals surface area contributed by atoms with E-state index in [1.165, 1.54) is 21.6 Å². The van der Waals surface area contributed by atoms with Gasteiger partial charge in [0.25, 0.3) is 5.91 Å². The second-order valence-corrected chi connectivity index (χ2v) is 10.6. The van der Waals surface area contributed by atoms with E-state index in [0.717, 1.165) is 6.07 Å². The van der Waals surface area contributed by atoms with Crippen molar-refractivity contribution in [3.63, 3.8) is 0 Å². The molecule has 0 aliphatic carbocycles. The molecule has 3 aromatic carbocycles. The number of likely N-dealkylation sites (tertiary alicyclic amines) is 1. The molecule has 0 bridgehead atoms. The Labute approximate surface area is 223 Å². The number of carbonyl (C=O) groups excluding carboxylic acids is 1. The van der Waals surface area contributed by atoms with E-state index in [-0.39, 0.29) is 45.9 Å². The molecule has 9 heteroatoms. The Hall–Kier alpha value is -4.13. The summed E-state index contributed by atoms with van der Waals surface area (Å²) >= 11 is 0. The molecule has 3 N–H and O–H groups in total. The fourth-order valence-corrected chi connectivity index (χ4v) is 5.20. The zero-order chi connectivity index (χ0) is 28.1. The SMILES string of the molecule is CC(C)(O)Cn1ccc2cc(-c3ccccc3-c3cc(F)c(C#N)c(C(=O)N4CC[C@H](N)C4)c3)c(F)c(F)c21. The van der Waals surface area contributed by atoms with E-state index in [1.54, 1.807) is 56.4 Å². The topological polar surface area (TPSA) is 95.3 Å². The predicted octanol–water partition coefficient (Wildman–Crippen LogP) is 5.21. The number of benzene rings is 3. The van der Waals surface area contributed by atoms with Crippen LogP contribution in [0.4, 0.5) is 13.2 Å². The standard InChI is InChI=1S/C30H27F3N4O2/c1-30(2,39)16-37-9-7-17-11-22(26(32)27(33)28(17)37)21-6-4-3-5-20(21)18-12-23(24(14-34)25(31)13-18)29(38)36-10-8-19(35)15-36/h3-7,9,11-13,19,39H,8,10,15-16,35H2,1-2H3/t19-/m0/s1. The first-order chi connectivity index (χ1) is 18.5. The van der Waals surface area contributed by atoms with Crippen molar-refractivity contribution in [2.75, 3.05) is 13.1 Å². The van der Waals surface area contributed by atoms with Crippen LogP contribution in [0.1, 0.15) is 36.2 Å². The van der Waals surface area contributed by atoms with Crippen LogP contribution < -0.4 is 5.73 Å². The lowest BCUT2D eigenvalue weighted by Gasteiger charge is -2.20. The number of carbonyl (C=O) groups is 1. The molecular weight excluding hydrogens is 505 g/mol. The Kier molecular flexibility index (Phi) is 6.70. The number of aliphatic hydroxyl groups is 1. The molecule has 1 fully saturated rings. The summed E-state index contributed by atoms with van der Waals surface area (Å²) in [5.74, 6) is -3.56. The van der Waals surface area contributed by atoms with Gasteiger partial charge in [0.15, 0.2) is 11.6 Å². The van der Waals surface area contributed by atoms with Crippen LogP contribution in [0.5, 0.6) is 0 Å². The molecule has 39 heavy (non-hydrogen) atoms. The Balaban J connectivity index is 1.65. The van der Waals surface area contributed by atoms with Crippen LogP contribution in [-0.2, 0) is 6.54 Å². The van der Waals surface area contributed by atoms with Gasteiger partial charge in [-0.3, -0.25) is 4.79 Å². The minimum atomic E-state index is -1.14. The molecule has 5 rings (SSSR count). The minimum absolute atomic E-state index is 0.0250. The van der Waals surface area contributed by atoms with Gasteiger partial charge in [0.05, 0.1) is 23.2 Å². The van der Waals surface area contributed by atoms with Gasteiger partial charge in [0.2, 0.25) is 0 Å². The van der Waals surface area contributed by atoms with E-state index in [9.17, 15) is 15.2 Å². The van der Waals surface area contributed by atoms with Gasteiger partial charge in [-0.1, -0.05) is 24.3 Å². The number of fused-ring (bicyclic) bond motifs is 1. The highest BCUT2D eigenvalue weighted by atomic mass is 19.2. The summed E-state index contributed by atoms with van der Waals surface area (Å²) in [6, 6.07) is 13.8. The molecule has 6 nitrogen and oxygen atoms in total. The average molecular weight is 533 g/mol. The zero-order valence-electron chi connectivity index (χ0n) is 21.5. The summed E-state index contributed by atoms with van der Waals surface area (Å²) in [5.41, 5.74) is 5.18. The van der Waals surface area contributed by atoms with Gasteiger partial charge in [0.1, 0.15) is 17.4 Å². The van der Waals surface area contributed by atoms with Gasteiger partial charge in [-0.2, -0.15) is 5.26 Å². The summed E-state index contributed by atoms with van der Waals surface area (Å²) in [5, 5.41) is 20.2. The highest BCUT2D eigenvalue weighted by Crippen LogP contribution is 2.38. The molecule has 1 aromatic heterocycles. The molecule has 200 valence electrons. The van der Waals surface area contributed by atoms with Crippen LogP contribution in [-0.4, -0.2) is 45.2 Å². The molecule has 2 heterocycles. The van der Waals surface area contributed by atoms with Gasteiger partial charge in [-0.25, -0.2) is 13.2 Å². The van der Waals surface area contributed by atoms with Crippen LogP contribution in [0.25, 0.3) is 33.2 Å². The van der Waals surface area contributed by atoms with E-state index in [2.05, 4.69) is 0 Å². The first-order valence-electron chi connectivity index (χ1n) is 12.6. The number of aromatic nitrogens is 1. The number of hydrogen-bond donors (Lipinski definition) is 2. The number of nitrogens with two attached hydrogens (primary N) is 1. The van der Waals surface area contributed by atoms with Crippen molar-refractivity contribution >= 4 is 16.8 Å². The lowest BCUT2D eigenvalue weighted by molar-refractivity contribution is 0.0626. The normalized spacial score (nSPS) is 15.6. The van der Waals surface area contributed by atoms with Crippen molar-refractivity contribution < 1.29 is 23.1 Å². The van der Waals surface area contributed by atoms with Gasteiger partial charge < -0.3 is 20.3 Å². The number of hydrogen-bond acceptors (Lipinski definition) is 4. The Morgan fingerprint density at radius 3 is 2.46 bits per heavy atom. The van der Waals surface area contributed by atoms with Crippen molar-refractivity contribution in [3.05, 3.63) is 83.3 Å². The molecule has 1 saturated heterocycles. The lowest BCUT2D eigenvalue weighted by atomic mass is 9.91. The van der Waals surface area contributed by atoms with Crippen LogP contribution in [0.15, 0.2) is 54.7 Å². The number of amides is 1. The third kappa shape index (κ3) is 4.89. The number of halogens is 3. The maximum atomic E-state index is 15.6. The molecule has 0 radical (unpaired) electrons. The van der Waals surface area contributed by atoms with Crippen LogP contribution in [0.2, 0.25) is 0 Å². The summed E-state index contributed by atoms with van der Waals surface area (Å²) in [7, 11) is 0. The fraction of sp³-hybridized carbons (Fsp3) is 0.267. The van der Waals surface area contributed by atoms with Crippen molar-refractivity contribution in [2.45, 2.75) is 38.5 Å². The Morgan fingerprint density at radius 1 is 1.10 bits per heavy atom. The Bertz CT molecular complexity index is 1650. The third-order valence-corrected chi connectivity index (χ3v) is 6.96. The molecule has 1 amide bonds. The summed E-state index contributed by atoms with van der Waals surface area (Å²) in [6.07, 6.45) is 2.18. The zero-order valence-corrected chi connectivity index (χ0v) is 21.5. The maximum Gasteiger partial charge on any atom is 0.255 e. The van der Waals surface area contributed by atoms with E-state index in [0.29, 0.717) is 30.5 Å². The van der Waals surface area contributed by atoms with E-state index >= 15 is 13.2 Å². The summed E-state index contributed by atoms with van der Waals surface area (Å²) in [4.78, 5) is 14.7. The highest BCUT2D eigenvalue weighted by Gasteiger charge is 2.29. The summed E-state index contributed by atoms with van der Waals surface area (Å²) in [6.45, 7) is 3.90. The highest BCUT2D eigenvalue weighted by molar-refractivity contribution is 5.99. The molecule has 1 aliphatic rings. The number of rotatable bonds is 5. The molecule has 0 spiro atoms. The second kappa shape index (κ2) is 9.88. The van der Waals surface area contributed by atoms with Crippen LogP contribution in [0, 0.1) is 28.8 Å². The first-order valence-corrected chi connectivity index (χ1v) is 12.6. The lowest BCUT2D eigenvalue weighted by Crippen LogP contribution is -2.32. The van der Waals surface area contributed by atoms with Crippen LogP contribution >= 0.6 is 0 Å². The van der Waals surface area contributed by atoms with Crippen molar-refractivity contribution in [1.29, 1.82) is 5.26 Å². The number of nitrogens with zero attached hydrogens (tertiary/aromatic N) is 3. The third-order valence-electron chi connectivity index (χ3n) is 6.96. The summed E-state index contributed by atoms with van der Waals surface area (Å²) < 4.78 is 47.7. The Morgan fingerprint density at radius 2 is 1.82 bits per heavy atom. The molecular formula is C30H27F3N4O2. The molecule has 4 aromatic rings. The predicted molar refractivity (Wildman–Crippen MR) is 142 cm³/mol. The number of nitriles is 1. The monoisotopic (exact) mass is 532 g/mol. The van der Waals surface area contributed by atoms with E-state index < -0.39 is 29.0 Å². The molecule has 0 saturated carbocycles. The largest absolute Gasteiger partial charge is 0.389 e. The molecule has 1 atom stereocenters. The minimum Gasteiger partial charge on any atom is -0.389 e. The second-order valence-electron chi connectivity index (χ2n) is 10.6. The quantitative estimate of drug-likeness (QED) is 0.369. The average Bonchev–Trinajstić information content (AvgIpc) is 3.50. The maximum absolute atomic E-state index is 15.6. The van der Waals surface area contributed by atoms with E-state index in [4.69, 9.17) is 5.73 Å². The first kappa shape index (κ1) is 26.5. The van der Waals surface area contributed by atoms with Crippen molar-refractivity contribution in [1.82, 2.24) is 9.47 Å². The van der Waals surface area contributed by atoms with E-state index in [1.807, 2.05) is 0 Å². The fourth-order valence-electron chi connectivity index (χ4n) is 5.20.